The van der Waals surface area contributed by atoms with Crippen LogP contribution in [0.3, 0.4) is 0 Å². The van der Waals surface area contributed by atoms with Gasteiger partial charge in [0.25, 0.3) is 11.8 Å². The van der Waals surface area contributed by atoms with Crippen molar-refractivity contribution in [1.29, 1.82) is 0 Å². The van der Waals surface area contributed by atoms with E-state index in [4.69, 9.17) is 5.73 Å². The van der Waals surface area contributed by atoms with Gasteiger partial charge in [0, 0.05) is 31.9 Å². The molecule has 4 rings (SSSR count). The van der Waals surface area contributed by atoms with Gasteiger partial charge >= 0.3 is 0 Å². The molecule has 190 valence electrons. The first-order valence-electron chi connectivity index (χ1n) is 11.7. The van der Waals surface area contributed by atoms with Gasteiger partial charge in [0.05, 0.1) is 42.0 Å². The number of rotatable bonds is 8. The van der Waals surface area contributed by atoms with Crippen LogP contribution in [-0.4, -0.2) is 65.6 Å². The van der Waals surface area contributed by atoms with E-state index in [0.29, 0.717) is 17.8 Å². The number of primary amides is 1. The SMILES string of the molecule is Cc1cc(Nc2cc(N3CCC[C@H](NC(=O)c4ccc(N(C)C)cc4)[C@@H]3CO)cnc2C(N)=O)sn1. The number of benzene rings is 1. The van der Waals surface area contributed by atoms with Crippen molar-refractivity contribution in [2.45, 2.75) is 31.8 Å². The number of aryl methyl sites for hydroxylation is 1. The van der Waals surface area contributed by atoms with Crippen LogP contribution in [0.5, 0.6) is 0 Å². The quantitative estimate of drug-likeness (QED) is 0.364. The molecule has 1 saturated heterocycles. The molecule has 0 radical (unpaired) electrons. The third-order valence-electron chi connectivity index (χ3n) is 6.25. The summed E-state index contributed by atoms with van der Waals surface area (Å²) < 4.78 is 4.26. The number of amides is 2. The highest BCUT2D eigenvalue weighted by atomic mass is 32.1. The molecule has 0 saturated carbocycles. The smallest absolute Gasteiger partial charge is 0.269 e. The molecule has 2 aromatic heterocycles. The lowest BCUT2D eigenvalue weighted by Gasteiger charge is -2.42. The van der Waals surface area contributed by atoms with Crippen molar-refractivity contribution in [2.75, 3.05) is 42.4 Å². The number of carbonyl (C=O) groups excluding carboxylic acids is 2. The molecule has 2 amide bonds. The largest absolute Gasteiger partial charge is 0.394 e. The van der Waals surface area contributed by atoms with Gasteiger partial charge in [-0.25, -0.2) is 4.98 Å². The average Bonchev–Trinajstić information content (AvgIpc) is 3.28. The van der Waals surface area contributed by atoms with Crippen molar-refractivity contribution >= 4 is 45.4 Å². The standard InChI is InChI=1S/C25H31N7O3S/c1-15-11-22(36-30-15)28-20-12-18(13-27-23(20)24(26)34)32-10-4-5-19(21(32)14-33)29-25(35)16-6-8-17(9-7-16)31(2)3/h6-9,11-13,19,21,28,33H,4-5,10,14H2,1-3H3,(H2,26,34)(H,29,35)/t19-,21-/m0/s1. The minimum absolute atomic E-state index is 0.119. The Hall–Kier alpha value is -3.70. The zero-order chi connectivity index (χ0) is 25.8. The maximum atomic E-state index is 13.0. The number of aliphatic hydroxyl groups excluding tert-OH is 1. The first-order chi connectivity index (χ1) is 17.3. The van der Waals surface area contributed by atoms with Gasteiger partial charge in [0.2, 0.25) is 0 Å². The third-order valence-corrected chi connectivity index (χ3v) is 7.05. The lowest BCUT2D eigenvalue weighted by Crippen LogP contribution is -2.57. The fourth-order valence-corrected chi connectivity index (χ4v) is 5.07. The topological polar surface area (TPSA) is 137 Å². The molecule has 1 fully saturated rings. The predicted molar refractivity (Wildman–Crippen MR) is 142 cm³/mol. The third kappa shape index (κ3) is 5.58. The Morgan fingerprint density at radius 3 is 2.61 bits per heavy atom. The van der Waals surface area contributed by atoms with Crippen LogP contribution >= 0.6 is 11.5 Å². The maximum absolute atomic E-state index is 13.0. The van der Waals surface area contributed by atoms with Crippen LogP contribution < -0.4 is 26.2 Å². The number of hydrogen-bond donors (Lipinski definition) is 4. The van der Waals surface area contributed by atoms with Gasteiger partial charge < -0.3 is 31.3 Å². The number of carbonyl (C=O) groups is 2. The molecule has 36 heavy (non-hydrogen) atoms. The predicted octanol–water partition coefficient (Wildman–Crippen LogP) is 2.51. The highest BCUT2D eigenvalue weighted by molar-refractivity contribution is 7.10. The number of nitrogens with one attached hydrogen (secondary N) is 2. The number of pyridine rings is 1. The summed E-state index contributed by atoms with van der Waals surface area (Å²) in [5, 5.41) is 17.4. The highest BCUT2D eigenvalue weighted by Gasteiger charge is 2.33. The number of anilines is 4. The fourth-order valence-electron chi connectivity index (χ4n) is 4.39. The van der Waals surface area contributed by atoms with Gasteiger partial charge in [-0.15, -0.1) is 0 Å². The Kier molecular flexibility index (Phi) is 7.70. The van der Waals surface area contributed by atoms with Gasteiger partial charge in [-0.05, 0) is 67.7 Å². The van der Waals surface area contributed by atoms with Crippen LogP contribution in [0.2, 0.25) is 0 Å². The van der Waals surface area contributed by atoms with Crippen LogP contribution in [-0.2, 0) is 0 Å². The Morgan fingerprint density at radius 2 is 2.00 bits per heavy atom. The average molecular weight is 510 g/mol. The molecule has 0 bridgehead atoms. The second kappa shape index (κ2) is 10.9. The van der Waals surface area contributed by atoms with Gasteiger partial charge in [-0.3, -0.25) is 9.59 Å². The van der Waals surface area contributed by atoms with Crippen molar-refractivity contribution in [3.63, 3.8) is 0 Å². The lowest BCUT2D eigenvalue weighted by atomic mass is 9.95. The number of nitrogens with zero attached hydrogens (tertiary/aromatic N) is 4. The minimum atomic E-state index is -0.645. The minimum Gasteiger partial charge on any atom is -0.394 e. The molecular weight excluding hydrogens is 478 g/mol. The first kappa shape index (κ1) is 25.4. The van der Waals surface area contributed by atoms with E-state index in [1.165, 1.54) is 11.5 Å². The van der Waals surface area contributed by atoms with Crippen LogP contribution in [0.4, 0.5) is 22.1 Å². The summed E-state index contributed by atoms with van der Waals surface area (Å²) in [4.78, 5) is 33.3. The van der Waals surface area contributed by atoms with E-state index in [0.717, 1.165) is 34.9 Å². The highest BCUT2D eigenvalue weighted by Crippen LogP contribution is 2.31. The zero-order valence-corrected chi connectivity index (χ0v) is 21.4. The number of piperidine rings is 1. The van der Waals surface area contributed by atoms with E-state index in [1.54, 1.807) is 24.4 Å². The number of aromatic nitrogens is 2. The van der Waals surface area contributed by atoms with E-state index in [-0.39, 0.29) is 30.3 Å². The van der Waals surface area contributed by atoms with E-state index in [2.05, 4.69) is 20.0 Å². The zero-order valence-electron chi connectivity index (χ0n) is 20.6. The Bertz CT molecular complexity index is 1230. The summed E-state index contributed by atoms with van der Waals surface area (Å²) in [7, 11) is 3.89. The molecule has 5 N–H and O–H groups in total. The monoisotopic (exact) mass is 509 g/mol. The van der Waals surface area contributed by atoms with Crippen molar-refractivity contribution < 1.29 is 14.7 Å². The summed E-state index contributed by atoms with van der Waals surface area (Å²) in [6.45, 7) is 2.40. The van der Waals surface area contributed by atoms with Crippen molar-refractivity contribution in [1.82, 2.24) is 14.7 Å². The van der Waals surface area contributed by atoms with E-state index < -0.39 is 5.91 Å². The summed E-state index contributed by atoms with van der Waals surface area (Å²) in [5.41, 5.74) is 9.29. The number of hydrogen-bond acceptors (Lipinski definition) is 9. The Balaban J connectivity index is 1.55. The molecule has 11 heteroatoms. The van der Waals surface area contributed by atoms with Gasteiger partial charge in [0.1, 0.15) is 5.00 Å². The molecule has 1 aromatic carbocycles. The molecule has 1 aliphatic heterocycles. The molecule has 3 heterocycles. The Morgan fingerprint density at radius 1 is 1.25 bits per heavy atom. The molecule has 2 atom stereocenters. The van der Waals surface area contributed by atoms with Crippen LogP contribution in [0, 0.1) is 6.92 Å². The number of nitrogens with two attached hydrogens (primary N) is 1. The van der Waals surface area contributed by atoms with Gasteiger partial charge in [0.15, 0.2) is 5.69 Å². The molecule has 1 aliphatic rings. The summed E-state index contributed by atoms with van der Waals surface area (Å²) in [6.07, 6.45) is 3.13. The molecule has 3 aromatic rings. The van der Waals surface area contributed by atoms with Gasteiger partial charge in [-0.1, -0.05) is 0 Å². The molecule has 0 unspecified atom stereocenters. The van der Waals surface area contributed by atoms with Crippen molar-refractivity contribution in [2.24, 2.45) is 5.73 Å². The van der Waals surface area contributed by atoms with E-state index in [1.807, 2.05) is 49.0 Å². The van der Waals surface area contributed by atoms with Crippen molar-refractivity contribution in [3.05, 3.63) is 59.5 Å². The van der Waals surface area contributed by atoms with Gasteiger partial charge in [-0.2, -0.15) is 4.37 Å². The number of aliphatic hydroxyl groups is 1. The molecule has 0 spiro atoms. The van der Waals surface area contributed by atoms with E-state index >= 15 is 0 Å². The van der Waals surface area contributed by atoms with Crippen LogP contribution in [0.1, 0.15) is 39.4 Å². The molecule has 0 aliphatic carbocycles. The summed E-state index contributed by atoms with van der Waals surface area (Å²) >= 11 is 1.27. The molecule has 10 nitrogen and oxygen atoms in total. The maximum Gasteiger partial charge on any atom is 0.269 e. The second-order valence-corrected chi connectivity index (χ2v) is 9.82. The summed E-state index contributed by atoms with van der Waals surface area (Å²) in [6, 6.07) is 10.4. The first-order valence-corrected chi connectivity index (χ1v) is 12.5. The lowest BCUT2D eigenvalue weighted by molar-refractivity contribution is 0.0910. The normalized spacial score (nSPS) is 17.5. The summed E-state index contributed by atoms with van der Waals surface area (Å²) in [5.74, 6) is -0.830. The second-order valence-electron chi connectivity index (χ2n) is 9.02. The van der Waals surface area contributed by atoms with E-state index in [9.17, 15) is 14.7 Å². The van der Waals surface area contributed by atoms with Crippen molar-refractivity contribution in [3.8, 4) is 0 Å². The van der Waals surface area contributed by atoms with Crippen LogP contribution in [0.25, 0.3) is 0 Å². The molecular formula is C25H31N7O3S. The van der Waals surface area contributed by atoms with Crippen LogP contribution in [0.15, 0.2) is 42.6 Å². The fraction of sp³-hybridized carbons (Fsp3) is 0.360. The Labute approximate surface area is 214 Å².